The van der Waals surface area contributed by atoms with Gasteiger partial charge in [-0.25, -0.2) is 0 Å². The van der Waals surface area contributed by atoms with E-state index >= 15 is 0 Å². The maximum Gasteiger partial charge on any atom is 0.0723 e. The maximum atomic E-state index is 10.2. The fourth-order valence-corrected chi connectivity index (χ4v) is 1.98. The molecule has 0 saturated heterocycles. The molecule has 0 amide bonds. The molecule has 3 nitrogen and oxygen atoms in total. The smallest absolute Gasteiger partial charge is 0.0723 e. The van der Waals surface area contributed by atoms with Crippen molar-refractivity contribution < 1.29 is 15.0 Å². The molecule has 0 saturated carbocycles. The first-order valence-corrected chi connectivity index (χ1v) is 8.68. The fourth-order valence-electron chi connectivity index (χ4n) is 1.98. The van der Waals surface area contributed by atoms with Crippen molar-refractivity contribution in [3.8, 4) is 0 Å². The van der Waals surface area contributed by atoms with Gasteiger partial charge in [0, 0.05) is 5.97 Å². The number of carbonyl (C=O) groups excluding carboxylic acids is 1. The number of hydrogen-bond acceptors (Lipinski definition) is 3. The fraction of sp³-hybridized carbons (Fsp3) is 0.550. The summed E-state index contributed by atoms with van der Waals surface area (Å²) in [6.45, 7) is 2.16. The summed E-state index contributed by atoms with van der Waals surface area (Å²) >= 11 is 0. The van der Waals surface area contributed by atoms with E-state index in [0.29, 0.717) is 6.42 Å². The molecule has 0 aliphatic rings. The largest absolute Gasteiger partial charge is 0.550 e. The van der Waals surface area contributed by atoms with E-state index in [1.165, 1.54) is 12.8 Å². The van der Waals surface area contributed by atoms with Crippen LogP contribution in [-0.2, 0) is 4.79 Å². The number of rotatable bonds is 14. The summed E-state index contributed by atoms with van der Waals surface area (Å²) in [7, 11) is 0. The minimum atomic E-state index is -0.979. The van der Waals surface area contributed by atoms with Crippen molar-refractivity contribution in [2.45, 2.75) is 70.8 Å². The Morgan fingerprint density at radius 1 is 1.00 bits per heavy atom. The third kappa shape index (κ3) is 18.3. The second kappa shape index (κ2) is 16.8. The number of aliphatic hydroxyl groups excluding tert-OH is 1. The van der Waals surface area contributed by atoms with Crippen molar-refractivity contribution >= 4 is 5.97 Å². The van der Waals surface area contributed by atoms with Gasteiger partial charge in [-0.1, -0.05) is 74.8 Å². The monoisotopic (exact) mass is 319 g/mol. The second-order valence-corrected chi connectivity index (χ2v) is 5.55. The van der Waals surface area contributed by atoms with Gasteiger partial charge in [0.25, 0.3) is 0 Å². The average Bonchev–Trinajstić information content (AvgIpc) is 2.51. The Morgan fingerprint density at radius 2 is 1.70 bits per heavy atom. The van der Waals surface area contributed by atoms with Crippen LogP contribution in [0.1, 0.15) is 64.7 Å². The zero-order valence-corrected chi connectivity index (χ0v) is 14.3. The molecule has 0 aliphatic carbocycles. The van der Waals surface area contributed by atoms with Crippen LogP contribution in [0.3, 0.4) is 0 Å². The topological polar surface area (TPSA) is 60.4 Å². The molecule has 130 valence electrons. The van der Waals surface area contributed by atoms with Gasteiger partial charge >= 0.3 is 0 Å². The molecule has 0 aliphatic heterocycles. The Hall–Kier alpha value is -1.61. The summed E-state index contributed by atoms with van der Waals surface area (Å²) in [5, 5.41) is 19.9. The molecular weight excluding hydrogens is 288 g/mol. The number of aliphatic hydroxyl groups is 1. The van der Waals surface area contributed by atoms with Crippen LogP contribution in [0, 0.1) is 0 Å². The molecule has 0 rings (SSSR count). The Labute approximate surface area is 141 Å². The van der Waals surface area contributed by atoms with Gasteiger partial charge < -0.3 is 15.0 Å². The van der Waals surface area contributed by atoms with Crippen molar-refractivity contribution in [2.75, 3.05) is 0 Å². The third-order valence-corrected chi connectivity index (χ3v) is 3.31. The molecule has 0 spiro atoms. The van der Waals surface area contributed by atoms with Crippen molar-refractivity contribution in [2.24, 2.45) is 0 Å². The van der Waals surface area contributed by atoms with Crippen LogP contribution in [0.2, 0.25) is 0 Å². The highest BCUT2D eigenvalue weighted by atomic mass is 16.4. The van der Waals surface area contributed by atoms with Gasteiger partial charge in [0.15, 0.2) is 0 Å². The molecule has 0 aromatic carbocycles. The summed E-state index contributed by atoms with van der Waals surface area (Å²) in [5.74, 6) is -0.979. The van der Waals surface area contributed by atoms with Crippen molar-refractivity contribution in [1.29, 1.82) is 0 Å². The van der Waals surface area contributed by atoms with Crippen LogP contribution in [0.25, 0.3) is 0 Å². The molecule has 0 radical (unpaired) electrons. The zero-order valence-electron chi connectivity index (χ0n) is 14.3. The van der Waals surface area contributed by atoms with Gasteiger partial charge in [0.05, 0.1) is 6.10 Å². The van der Waals surface area contributed by atoms with Crippen molar-refractivity contribution in [3.63, 3.8) is 0 Å². The van der Waals surface area contributed by atoms with Crippen LogP contribution in [-0.4, -0.2) is 17.2 Å². The Morgan fingerprint density at radius 3 is 2.39 bits per heavy atom. The van der Waals surface area contributed by atoms with Crippen molar-refractivity contribution in [3.05, 3.63) is 48.6 Å². The lowest BCUT2D eigenvalue weighted by Gasteiger charge is -2.02. The van der Waals surface area contributed by atoms with E-state index in [2.05, 4.69) is 25.2 Å². The maximum absolute atomic E-state index is 10.2. The summed E-state index contributed by atoms with van der Waals surface area (Å²) in [5.41, 5.74) is 0. The van der Waals surface area contributed by atoms with E-state index in [1.807, 2.05) is 30.4 Å². The number of aliphatic carboxylic acids is 1. The van der Waals surface area contributed by atoms with E-state index in [9.17, 15) is 15.0 Å². The molecule has 0 fully saturated rings. The van der Waals surface area contributed by atoms with Gasteiger partial charge in [0.2, 0.25) is 0 Å². The predicted molar refractivity (Wildman–Crippen MR) is 94.8 cm³/mol. The lowest BCUT2D eigenvalue weighted by Crippen LogP contribution is -2.21. The van der Waals surface area contributed by atoms with Crippen molar-refractivity contribution in [1.82, 2.24) is 0 Å². The minimum absolute atomic E-state index is 0.131. The summed E-state index contributed by atoms with van der Waals surface area (Å²) < 4.78 is 0. The molecule has 1 N–H and O–H groups in total. The van der Waals surface area contributed by atoms with E-state index in [-0.39, 0.29) is 12.5 Å². The second-order valence-electron chi connectivity index (χ2n) is 5.55. The highest BCUT2D eigenvalue weighted by Crippen LogP contribution is 2.04. The molecule has 23 heavy (non-hydrogen) atoms. The quantitative estimate of drug-likeness (QED) is 0.300. The molecule has 0 heterocycles. The molecule has 3 heteroatoms. The van der Waals surface area contributed by atoms with Crippen LogP contribution >= 0.6 is 0 Å². The highest BCUT2D eigenvalue weighted by Gasteiger charge is 1.96. The number of carboxylic acids is 1. The third-order valence-electron chi connectivity index (χ3n) is 3.31. The summed E-state index contributed by atoms with van der Waals surface area (Å²) in [6.07, 6.45) is 23.2. The highest BCUT2D eigenvalue weighted by molar-refractivity contribution is 5.64. The van der Waals surface area contributed by atoms with E-state index in [0.717, 1.165) is 32.1 Å². The summed E-state index contributed by atoms with van der Waals surface area (Å²) in [4.78, 5) is 10.2. The first-order valence-electron chi connectivity index (χ1n) is 8.68. The number of allylic oxidation sites excluding steroid dienone is 7. The first kappa shape index (κ1) is 21.4. The molecule has 0 aromatic heterocycles. The van der Waals surface area contributed by atoms with Gasteiger partial charge in [-0.15, -0.1) is 0 Å². The standard InChI is InChI=1S/C20H32O3/c1-2-3-13-16-19(21)17-14-11-9-7-5-4-6-8-10-12-15-18-20(22)23/h4-5,8-11,14,17,19,21H,2-3,6-7,12-13,15-16,18H2,1H3,(H,22,23)/p-1/b5-4-,10-8-,11-9-,17-14+/t19-/m1/s1. The van der Waals surface area contributed by atoms with Gasteiger partial charge in [-0.05, 0) is 38.5 Å². The van der Waals surface area contributed by atoms with E-state index in [1.54, 1.807) is 0 Å². The number of hydrogen-bond donors (Lipinski definition) is 1. The molecule has 1 atom stereocenters. The molecule has 0 bridgehead atoms. The number of unbranched alkanes of at least 4 members (excludes halogenated alkanes) is 3. The minimum Gasteiger partial charge on any atom is -0.550 e. The molecule has 0 unspecified atom stereocenters. The average molecular weight is 319 g/mol. The summed E-state index contributed by atoms with van der Waals surface area (Å²) in [6, 6.07) is 0. The van der Waals surface area contributed by atoms with Crippen LogP contribution in [0.5, 0.6) is 0 Å². The van der Waals surface area contributed by atoms with Crippen LogP contribution < -0.4 is 5.11 Å². The normalized spacial score (nSPS) is 13.8. The van der Waals surface area contributed by atoms with E-state index in [4.69, 9.17) is 0 Å². The lowest BCUT2D eigenvalue weighted by atomic mass is 10.1. The first-order chi connectivity index (χ1) is 11.2. The zero-order chi connectivity index (χ0) is 17.2. The van der Waals surface area contributed by atoms with Gasteiger partial charge in [-0.3, -0.25) is 0 Å². The predicted octanol–water partition coefficient (Wildman–Crippen LogP) is 3.85. The Balaban J connectivity index is 3.57. The molecule has 0 aromatic rings. The van der Waals surface area contributed by atoms with Crippen LogP contribution in [0.15, 0.2) is 48.6 Å². The lowest BCUT2D eigenvalue weighted by molar-refractivity contribution is -0.305. The number of carbonyl (C=O) groups is 1. The molecular formula is C20H31O3-. The van der Waals surface area contributed by atoms with Gasteiger partial charge in [-0.2, -0.15) is 0 Å². The Kier molecular flexibility index (Phi) is 15.6. The van der Waals surface area contributed by atoms with Crippen LogP contribution in [0.4, 0.5) is 0 Å². The number of carboxylic acid groups (broad SMARTS) is 1. The van der Waals surface area contributed by atoms with E-state index < -0.39 is 5.97 Å². The Bertz CT molecular complexity index is 392. The SMILES string of the molecule is CCCCC[C@@H](O)/C=C/C=C\C/C=C\C/C=C\CCCC(=O)[O-]. The van der Waals surface area contributed by atoms with Gasteiger partial charge in [0.1, 0.15) is 0 Å².